The minimum absolute atomic E-state index is 0.0328. The number of nitrogens with zero attached hydrogens (tertiary/aromatic N) is 4. The molecule has 186 valence electrons. The van der Waals surface area contributed by atoms with Gasteiger partial charge >= 0.3 is 5.69 Å². The zero-order valence-corrected chi connectivity index (χ0v) is 20.4. The van der Waals surface area contributed by atoms with Crippen molar-refractivity contribution in [2.75, 3.05) is 50.0 Å². The summed E-state index contributed by atoms with van der Waals surface area (Å²) in [4.78, 5) is 28.9. The molecule has 0 saturated carbocycles. The van der Waals surface area contributed by atoms with Gasteiger partial charge in [-0.2, -0.15) is 4.31 Å². The van der Waals surface area contributed by atoms with Crippen LogP contribution in [-0.4, -0.2) is 61.3 Å². The molecule has 34 heavy (non-hydrogen) atoms. The van der Waals surface area contributed by atoms with Crippen molar-refractivity contribution in [2.45, 2.75) is 50.6 Å². The van der Waals surface area contributed by atoms with Crippen molar-refractivity contribution < 1.29 is 13.2 Å². The summed E-state index contributed by atoms with van der Waals surface area (Å²) in [6.45, 7) is 5.06. The summed E-state index contributed by atoms with van der Waals surface area (Å²) >= 11 is 0. The summed E-state index contributed by atoms with van der Waals surface area (Å²) in [5.41, 5.74) is 6.36. The largest absolute Gasteiger partial charge is 0.383 e. The first-order chi connectivity index (χ1) is 16.3. The fraction of sp³-hybridized carbons (Fsp3) is 0.565. The van der Waals surface area contributed by atoms with Crippen LogP contribution in [0.1, 0.15) is 38.2 Å². The van der Waals surface area contributed by atoms with Gasteiger partial charge in [0.2, 0.25) is 10.0 Å². The number of benzene rings is 1. The van der Waals surface area contributed by atoms with Gasteiger partial charge in [-0.1, -0.05) is 19.1 Å². The molecule has 4 rings (SSSR count). The fourth-order valence-electron chi connectivity index (χ4n) is 4.62. The van der Waals surface area contributed by atoms with Crippen LogP contribution < -0.4 is 21.9 Å². The van der Waals surface area contributed by atoms with E-state index in [-0.39, 0.29) is 17.3 Å². The SMILES string of the molecule is CCCn1c(N)c(N2CCCCC2)c(=O)n(Cc2cccc(S(=O)(=O)N3CCOCC3)c2)c1=O. The van der Waals surface area contributed by atoms with E-state index in [9.17, 15) is 18.0 Å². The van der Waals surface area contributed by atoms with Crippen LogP contribution in [0.5, 0.6) is 0 Å². The quantitative estimate of drug-likeness (QED) is 0.615. The Morgan fingerprint density at radius 3 is 2.38 bits per heavy atom. The lowest BCUT2D eigenvalue weighted by Crippen LogP contribution is -2.46. The van der Waals surface area contributed by atoms with Crippen molar-refractivity contribution in [1.29, 1.82) is 0 Å². The maximum atomic E-state index is 13.5. The third-order valence-corrected chi connectivity index (χ3v) is 8.30. The second-order valence-electron chi connectivity index (χ2n) is 8.77. The number of aromatic nitrogens is 2. The standard InChI is InChI=1S/C23H33N5O5S/c1-2-9-27-21(24)20(25-10-4-3-5-11-25)22(29)28(23(27)30)17-18-7-6-8-19(16-18)34(31,32)26-12-14-33-15-13-26/h6-8,16H,2-5,9-15,17,24H2,1H3. The molecule has 10 nitrogen and oxygen atoms in total. The third kappa shape index (κ3) is 4.77. The molecular formula is C23H33N5O5S. The molecule has 3 heterocycles. The predicted octanol–water partition coefficient (Wildman–Crippen LogP) is 1.06. The van der Waals surface area contributed by atoms with Gasteiger partial charge in [0.15, 0.2) is 0 Å². The molecule has 2 aliphatic heterocycles. The van der Waals surface area contributed by atoms with Gasteiger partial charge in [0, 0.05) is 32.7 Å². The fourth-order valence-corrected chi connectivity index (χ4v) is 6.10. The zero-order valence-electron chi connectivity index (χ0n) is 19.6. The molecular weight excluding hydrogens is 458 g/mol. The van der Waals surface area contributed by atoms with E-state index >= 15 is 0 Å². The average Bonchev–Trinajstić information content (AvgIpc) is 2.86. The number of morpholine rings is 1. The summed E-state index contributed by atoms with van der Waals surface area (Å²) in [5.74, 6) is 0.207. The highest BCUT2D eigenvalue weighted by Crippen LogP contribution is 2.23. The van der Waals surface area contributed by atoms with Crippen LogP contribution in [0.3, 0.4) is 0 Å². The number of ether oxygens (including phenoxy) is 1. The molecule has 2 saturated heterocycles. The number of nitrogen functional groups attached to an aromatic ring is 1. The Labute approximate surface area is 199 Å². The molecule has 0 amide bonds. The molecule has 1 aromatic carbocycles. The predicted molar refractivity (Wildman–Crippen MR) is 131 cm³/mol. The van der Waals surface area contributed by atoms with E-state index < -0.39 is 21.3 Å². The summed E-state index contributed by atoms with van der Waals surface area (Å²) < 4.78 is 35.5. The topological polar surface area (TPSA) is 120 Å². The molecule has 0 aliphatic carbocycles. The molecule has 0 radical (unpaired) electrons. The van der Waals surface area contributed by atoms with Crippen LogP contribution in [0, 0.1) is 0 Å². The molecule has 0 spiro atoms. The second-order valence-corrected chi connectivity index (χ2v) is 10.7. The number of piperidine rings is 1. The average molecular weight is 492 g/mol. The summed E-state index contributed by atoms with van der Waals surface area (Å²) in [6.07, 6.45) is 3.72. The van der Waals surface area contributed by atoms with Crippen molar-refractivity contribution >= 4 is 21.5 Å². The Morgan fingerprint density at radius 2 is 1.71 bits per heavy atom. The Morgan fingerprint density at radius 1 is 1.00 bits per heavy atom. The van der Waals surface area contributed by atoms with Crippen molar-refractivity contribution in [3.8, 4) is 0 Å². The highest BCUT2D eigenvalue weighted by molar-refractivity contribution is 7.89. The Kier molecular flexibility index (Phi) is 7.44. The Hall–Kier alpha value is -2.63. The van der Waals surface area contributed by atoms with E-state index in [1.54, 1.807) is 12.1 Å². The molecule has 0 unspecified atom stereocenters. The molecule has 2 aliphatic rings. The van der Waals surface area contributed by atoms with Crippen molar-refractivity contribution in [3.63, 3.8) is 0 Å². The third-order valence-electron chi connectivity index (χ3n) is 6.41. The molecule has 0 atom stereocenters. The number of sulfonamides is 1. The van der Waals surface area contributed by atoms with Gasteiger partial charge in [-0.25, -0.2) is 13.2 Å². The van der Waals surface area contributed by atoms with E-state index in [1.807, 2.05) is 11.8 Å². The lowest BCUT2D eigenvalue weighted by Gasteiger charge is -2.30. The molecule has 1 aromatic heterocycles. The van der Waals surface area contributed by atoms with Gasteiger partial charge in [-0.15, -0.1) is 0 Å². The first-order valence-electron chi connectivity index (χ1n) is 11.9. The lowest BCUT2D eigenvalue weighted by atomic mass is 10.1. The maximum Gasteiger partial charge on any atom is 0.332 e. The van der Waals surface area contributed by atoms with E-state index in [0.29, 0.717) is 50.5 Å². The number of nitrogens with two attached hydrogens (primary N) is 1. The zero-order chi connectivity index (χ0) is 24.3. The molecule has 2 aromatic rings. The number of hydrogen-bond acceptors (Lipinski definition) is 7. The highest BCUT2D eigenvalue weighted by Gasteiger charge is 2.27. The number of anilines is 2. The van der Waals surface area contributed by atoms with Gasteiger partial charge in [-0.05, 0) is 43.4 Å². The van der Waals surface area contributed by atoms with Gasteiger partial charge < -0.3 is 15.4 Å². The van der Waals surface area contributed by atoms with Crippen LogP contribution in [0.4, 0.5) is 11.5 Å². The Bertz CT molecular complexity index is 1240. The minimum Gasteiger partial charge on any atom is -0.383 e. The molecule has 2 fully saturated rings. The van der Waals surface area contributed by atoms with Gasteiger partial charge in [0.05, 0.1) is 24.7 Å². The van der Waals surface area contributed by atoms with Crippen molar-refractivity contribution in [3.05, 3.63) is 50.7 Å². The van der Waals surface area contributed by atoms with Gasteiger partial charge in [-0.3, -0.25) is 13.9 Å². The number of rotatable bonds is 7. The monoisotopic (exact) mass is 491 g/mol. The van der Waals surface area contributed by atoms with Gasteiger partial charge in [0.25, 0.3) is 5.56 Å². The van der Waals surface area contributed by atoms with Crippen LogP contribution in [0.15, 0.2) is 38.8 Å². The van der Waals surface area contributed by atoms with E-state index in [4.69, 9.17) is 10.5 Å². The van der Waals surface area contributed by atoms with Crippen LogP contribution in [0.25, 0.3) is 0 Å². The van der Waals surface area contributed by atoms with Crippen molar-refractivity contribution in [2.24, 2.45) is 0 Å². The number of hydrogen-bond donors (Lipinski definition) is 1. The lowest BCUT2D eigenvalue weighted by molar-refractivity contribution is 0.0730. The Balaban J connectivity index is 1.74. The van der Waals surface area contributed by atoms with Crippen LogP contribution >= 0.6 is 0 Å². The van der Waals surface area contributed by atoms with Crippen LogP contribution in [-0.2, 0) is 27.8 Å². The highest BCUT2D eigenvalue weighted by atomic mass is 32.2. The molecule has 11 heteroatoms. The first kappa shape index (κ1) is 24.5. The van der Waals surface area contributed by atoms with E-state index in [2.05, 4.69) is 0 Å². The molecule has 2 N–H and O–H groups in total. The summed E-state index contributed by atoms with van der Waals surface area (Å²) in [6, 6.07) is 6.44. The van der Waals surface area contributed by atoms with Gasteiger partial charge in [0.1, 0.15) is 11.5 Å². The summed E-state index contributed by atoms with van der Waals surface area (Å²) in [5, 5.41) is 0. The van der Waals surface area contributed by atoms with Crippen molar-refractivity contribution in [1.82, 2.24) is 13.4 Å². The minimum atomic E-state index is -3.69. The molecule has 0 bridgehead atoms. The smallest absolute Gasteiger partial charge is 0.332 e. The second kappa shape index (κ2) is 10.3. The normalized spacial score (nSPS) is 17.7. The summed E-state index contributed by atoms with van der Waals surface area (Å²) in [7, 11) is -3.69. The van der Waals surface area contributed by atoms with E-state index in [1.165, 1.54) is 25.6 Å². The first-order valence-corrected chi connectivity index (χ1v) is 13.3. The maximum absolute atomic E-state index is 13.5. The van der Waals surface area contributed by atoms with Crippen LogP contribution in [0.2, 0.25) is 0 Å². The van der Waals surface area contributed by atoms with E-state index in [0.717, 1.165) is 32.4 Å².